The van der Waals surface area contributed by atoms with Crippen molar-refractivity contribution in [3.63, 3.8) is 0 Å². The van der Waals surface area contributed by atoms with Gasteiger partial charge in [-0.3, -0.25) is 4.98 Å². The van der Waals surface area contributed by atoms with Crippen LogP contribution in [0.3, 0.4) is 0 Å². The predicted molar refractivity (Wildman–Crippen MR) is 65.4 cm³/mol. The second kappa shape index (κ2) is 6.23. The number of rotatable bonds is 6. The summed E-state index contributed by atoms with van der Waals surface area (Å²) in [6.07, 6.45) is 0.803. The Morgan fingerprint density at radius 1 is 1.50 bits per heavy atom. The lowest BCUT2D eigenvalue weighted by atomic mass is 10.3. The molecule has 18 heavy (non-hydrogen) atoms. The third-order valence-electron chi connectivity index (χ3n) is 1.99. The van der Waals surface area contributed by atoms with Gasteiger partial charge in [-0.15, -0.1) is 0 Å². The molecule has 7 nitrogen and oxygen atoms in total. The summed E-state index contributed by atoms with van der Waals surface area (Å²) in [5.74, 6) is -1.39. The Kier molecular flexibility index (Phi) is 5.20. The molecule has 0 saturated carbocycles. The zero-order valence-corrected chi connectivity index (χ0v) is 11.5. The average Bonchev–Trinajstić information content (AvgIpc) is 2.28. The number of aliphatic hydroxyl groups excluding tert-OH is 1. The summed E-state index contributed by atoms with van der Waals surface area (Å²) in [6, 6.07) is 1.36. The number of aliphatic hydroxyl groups is 1. The highest BCUT2D eigenvalue weighted by Crippen LogP contribution is 2.13. The number of aromatic nitrogens is 1. The summed E-state index contributed by atoms with van der Waals surface area (Å²) in [7, 11) is -3.75. The lowest BCUT2D eigenvalue weighted by Crippen LogP contribution is -2.30. The molecule has 1 atom stereocenters. The van der Waals surface area contributed by atoms with E-state index in [9.17, 15) is 13.2 Å². The van der Waals surface area contributed by atoms with Crippen LogP contribution in [0.4, 0.5) is 0 Å². The van der Waals surface area contributed by atoms with Crippen LogP contribution in [-0.2, 0) is 14.8 Å². The van der Waals surface area contributed by atoms with Crippen LogP contribution in [0.5, 0.6) is 0 Å². The number of halogens is 1. The van der Waals surface area contributed by atoms with Crippen LogP contribution in [-0.4, -0.2) is 42.2 Å². The molecule has 1 rings (SSSR count). The fourth-order valence-corrected chi connectivity index (χ4v) is 2.63. The van der Waals surface area contributed by atoms with E-state index in [-0.39, 0.29) is 17.9 Å². The van der Waals surface area contributed by atoms with Crippen LogP contribution in [0, 0.1) is 0 Å². The summed E-state index contributed by atoms with van der Waals surface area (Å²) in [6.45, 7) is -0.178. The van der Waals surface area contributed by atoms with Gasteiger partial charge in [-0.1, -0.05) is 0 Å². The summed E-state index contributed by atoms with van der Waals surface area (Å²) in [5.41, 5.74) is 0. The minimum atomic E-state index is -3.75. The third-order valence-corrected chi connectivity index (χ3v) is 3.85. The predicted octanol–water partition coefficient (Wildman–Crippen LogP) is -0.0420. The number of hydrogen-bond donors (Lipinski definition) is 3. The second-order valence-electron chi connectivity index (χ2n) is 3.38. The maximum absolute atomic E-state index is 11.7. The van der Waals surface area contributed by atoms with E-state index in [2.05, 4.69) is 25.6 Å². The summed E-state index contributed by atoms with van der Waals surface area (Å²) in [5, 5.41) is 17.4. The Labute approximate surface area is 112 Å². The Balaban J connectivity index is 2.64. The molecule has 0 radical (unpaired) electrons. The number of aliphatic carboxylic acids is 1. The van der Waals surface area contributed by atoms with Gasteiger partial charge in [0.15, 0.2) is 6.10 Å². The molecule has 0 aliphatic rings. The summed E-state index contributed by atoms with van der Waals surface area (Å²) < 4.78 is 26.2. The molecular weight excluding hydrogens is 328 g/mol. The van der Waals surface area contributed by atoms with E-state index in [1.165, 1.54) is 18.5 Å². The van der Waals surface area contributed by atoms with Crippen molar-refractivity contribution in [3.05, 3.63) is 22.9 Å². The van der Waals surface area contributed by atoms with E-state index in [0.717, 1.165) is 0 Å². The van der Waals surface area contributed by atoms with E-state index >= 15 is 0 Å². The van der Waals surface area contributed by atoms with Crippen LogP contribution in [0.15, 0.2) is 27.8 Å². The zero-order valence-electron chi connectivity index (χ0n) is 9.08. The number of nitrogens with zero attached hydrogens (tertiary/aromatic N) is 1. The van der Waals surface area contributed by atoms with E-state index in [1.807, 2.05) is 0 Å². The molecule has 1 aromatic rings. The van der Waals surface area contributed by atoms with Gasteiger partial charge in [0, 0.05) is 23.4 Å². The van der Waals surface area contributed by atoms with E-state index < -0.39 is 22.1 Å². The van der Waals surface area contributed by atoms with Gasteiger partial charge in [-0.2, -0.15) is 0 Å². The molecule has 0 aliphatic heterocycles. The molecule has 9 heteroatoms. The van der Waals surface area contributed by atoms with Crippen LogP contribution in [0.2, 0.25) is 0 Å². The number of hydrogen-bond acceptors (Lipinski definition) is 5. The first kappa shape index (κ1) is 15.0. The fourth-order valence-electron chi connectivity index (χ4n) is 1.08. The van der Waals surface area contributed by atoms with E-state index in [4.69, 9.17) is 10.2 Å². The molecule has 0 spiro atoms. The van der Waals surface area contributed by atoms with Gasteiger partial charge in [0.05, 0.1) is 0 Å². The Morgan fingerprint density at radius 3 is 2.72 bits per heavy atom. The van der Waals surface area contributed by atoms with Crippen molar-refractivity contribution >= 4 is 31.9 Å². The van der Waals surface area contributed by atoms with Gasteiger partial charge in [0.1, 0.15) is 4.90 Å². The van der Waals surface area contributed by atoms with Gasteiger partial charge < -0.3 is 10.2 Å². The van der Waals surface area contributed by atoms with Crippen LogP contribution in [0.25, 0.3) is 0 Å². The van der Waals surface area contributed by atoms with Crippen LogP contribution in [0.1, 0.15) is 6.42 Å². The minimum Gasteiger partial charge on any atom is -0.479 e. The molecule has 0 aliphatic carbocycles. The first-order chi connectivity index (χ1) is 8.33. The number of carbonyl (C=O) groups is 1. The fraction of sp³-hybridized carbons (Fsp3) is 0.333. The van der Waals surface area contributed by atoms with Crippen molar-refractivity contribution in [2.24, 2.45) is 0 Å². The van der Waals surface area contributed by atoms with Gasteiger partial charge in [-0.25, -0.2) is 17.9 Å². The lowest BCUT2D eigenvalue weighted by Gasteiger charge is -2.08. The van der Waals surface area contributed by atoms with Gasteiger partial charge in [-0.05, 0) is 28.4 Å². The normalized spacial score (nSPS) is 13.2. The lowest BCUT2D eigenvalue weighted by molar-refractivity contribution is -0.146. The molecule has 0 bridgehead atoms. The molecule has 0 fully saturated rings. The van der Waals surface area contributed by atoms with Crippen LogP contribution >= 0.6 is 15.9 Å². The van der Waals surface area contributed by atoms with Crippen molar-refractivity contribution in [2.45, 2.75) is 17.4 Å². The molecule has 0 aromatic carbocycles. The third kappa shape index (κ3) is 4.33. The number of pyridine rings is 1. The summed E-state index contributed by atoms with van der Waals surface area (Å²) in [4.78, 5) is 14.0. The van der Waals surface area contributed by atoms with Crippen molar-refractivity contribution in [2.75, 3.05) is 6.54 Å². The highest BCUT2D eigenvalue weighted by atomic mass is 79.9. The Bertz CT molecular complexity index is 534. The number of sulfonamides is 1. The first-order valence-electron chi connectivity index (χ1n) is 4.84. The second-order valence-corrected chi connectivity index (χ2v) is 6.06. The zero-order chi connectivity index (χ0) is 13.8. The maximum Gasteiger partial charge on any atom is 0.332 e. The molecule has 1 heterocycles. The molecular formula is C9H11BrN2O5S. The molecule has 3 N–H and O–H groups in total. The smallest absolute Gasteiger partial charge is 0.332 e. The van der Waals surface area contributed by atoms with Gasteiger partial charge >= 0.3 is 5.97 Å². The summed E-state index contributed by atoms with van der Waals surface area (Å²) >= 11 is 3.09. The van der Waals surface area contributed by atoms with Gasteiger partial charge in [0.25, 0.3) is 0 Å². The topological polar surface area (TPSA) is 117 Å². The van der Waals surface area contributed by atoms with E-state index in [0.29, 0.717) is 4.47 Å². The van der Waals surface area contributed by atoms with Crippen molar-refractivity contribution in [1.82, 2.24) is 9.71 Å². The highest BCUT2D eigenvalue weighted by molar-refractivity contribution is 9.10. The monoisotopic (exact) mass is 338 g/mol. The van der Waals surface area contributed by atoms with Crippen molar-refractivity contribution < 1.29 is 23.4 Å². The van der Waals surface area contributed by atoms with Gasteiger partial charge in [0.2, 0.25) is 10.0 Å². The molecule has 0 saturated heterocycles. The average molecular weight is 339 g/mol. The van der Waals surface area contributed by atoms with Crippen molar-refractivity contribution in [3.8, 4) is 0 Å². The first-order valence-corrected chi connectivity index (χ1v) is 7.11. The number of carboxylic acids is 1. The van der Waals surface area contributed by atoms with Crippen LogP contribution < -0.4 is 4.72 Å². The SMILES string of the molecule is O=C(O)C(O)CCNS(=O)(=O)c1cncc(Br)c1. The molecule has 100 valence electrons. The maximum atomic E-state index is 11.7. The number of carboxylic acid groups (broad SMARTS) is 1. The largest absolute Gasteiger partial charge is 0.479 e. The Morgan fingerprint density at radius 2 is 2.17 bits per heavy atom. The Hall–Kier alpha value is -1.03. The molecule has 1 aromatic heterocycles. The standard InChI is InChI=1S/C9H11BrN2O5S/c10-6-3-7(5-11-4-6)18(16,17)12-2-1-8(13)9(14)15/h3-5,8,12-13H,1-2H2,(H,14,15). The highest BCUT2D eigenvalue weighted by Gasteiger charge is 2.17. The quantitative estimate of drug-likeness (QED) is 0.670. The van der Waals surface area contributed by atoms with E-state index in [1.54, 1.807) is 0 Å². The molecule has 0 amide bonds. The molecule has 1 unspecified atom stereocenters. The van der Waals surface area contributed by atoms with Crippen molar-refractivity contribution in [1.29, 1.82) is 0 Å². The minimum absolute atomic E-state index is 0.0401. The number of nitrogens with one attached hydrogen (secondary N) is 1.